The Balaban J connectivity index is 1.32. The van der Waals surface area contributed by atoms with Gasteiger partial charge in [0.2, 0.25) is 0 Å². The molecule has 0 aromatic rings. The first-order chi connectivity index (χ1) is 11.7. The average Bonchev–Trinajstić information content (AvgIpc) is 3.07. The van der Waals surface area contributed by atoms with Crippen molar-refractivity contribution in [3.05, 3.63) is 0 Å². The molecule has 0 aromatic carbocycles. The second-order valence-corrected chi connectivity index (χ2v) is 10.4. The summed E-state index contributed by atoms with van der Waals surface area (Å²) in [6.45, 7) is 10.5. The van der Waals surface area contributed by atoms with Crippen molar-refractivity contribution in [2.24, 2.45) is 33.5 Å². The van der Waals surface area contributed by atoms with Gasteiger partial charge >= 0.3 is 0 Å². The molecule has 140 valence electrons. The number of carbonyl (C=O) groups is 2. The van der Waals surface area contributed by atoms with Crippen LogP contribution in [0.1, 0.15) is 79.1 Å². The van der Waals surface area contributed by atoms with Crippen LogP contribution in [0.2, 0.25) is 0 Å². The molecule has 0 saturated heterocycles. The summed E-state index contributed by atoms with van der Waals surface area (Å²) in [6, 6.07) is 0. The number of fused-ring (bicyclic) bond motifs is 4. The van der Waals surface area contributed by atoms with E-state index in [9.17, 15) is 9.59 Å². The van der Waals surface area contributed by atoms with Gasteiger partial charge in [-0.05, 0) is 61.2 Å². The van der Waals surface area contributed by atoms with Crippen molar-refractivity contribution in [1.29, 1.82) is 0 Å². The normalized spacial score (nSPS) is 43.4. The van der Waals surface area contributed by atoms with Crippen LogP contribution in [0.4, 0.5) is 0 Å². The summed E-state index contributed by atoms with van der Waals surface area (Å²) in [5.74, 6) is 2.10. The molecule has 4 bridgehead atoms. The number of Topliss-reactive ketones (excluding diaryl/α,β-unsaturated/α-hetero) is 2. The Kier molecular flexibility index (Phi) is 3.83. The van der Waals surface area contributed by atoms with Crippen molar-refractivity contribution < 1.29 is 14.3 Å². The maximum absolute atomic E-state index is 12.6. The Bertz CT molecular complexity index is 552. The van der Waals surface area contributed by atoms with E-state index >= 15 is 0 Å². The van der Waals surface area contributed by atoms with Crippen LogP contribution in [0.5, 0.6) is 0 Å². The topological polar surface area (TPSA) is 43.4 Å². The lowest BCUT2D eigenvalue weighted by Crippen LogP contribution is -2.38. The number of hydrogen-bond acceptors (Lipinski definition) is 3. The van der Waals surface area contributed by atoms with E-state index < -0.39 is 0 Å². The number of hydrogen-bond donors (Lipinski definition) is 0. The minimum absolute atomic E-state index is 0.133. The van der Waals surface area contributed by atoms with E-state index in [-0.39, 0.29) is 21.7 Å². The van der Waals surface area contributed by atoms with E-state index in [1.165, 1.54) is 12.8 Å². The molecular formula is C22H34O3. The molecule has 4 rings (SSSR count). The molecule has 4 saturated carbocycles. The van der Waals surface area contributed by atoms with Gasteiger partial charge in [0.25, 0.3) is 0 Å². The smallest absolute Gasteiger partial charge is 0.139 e. The third-order valence-electron chi connectivity index (χ3n) is 9.62. The van der Waals surface area contributed by atoms with E-state index in [2.05, 4.69) is 27.7 Å². The zero-order valence-electron chi connectivity index (χ0n) is 16.5. The third-order valence-corrected chi connectivity index (χ3v) is 9.62. The Labute approximate surface area is 152 Å². The standard InChI is InChI=1S/C22H34O3/c1-19(2)15-5-7-21(19,17(23)13-15)9-11-25-12-10-22-8-6-16(14-18(22)24)20(22,3)4/h15-16H,5-14H2,1-4H3. The molecule has 3 nitrogen and oxygen atoms in total. The fourth-order valence-electron chi connectivity index (χ4n) is 7.31. The van der Waals surface area contributed by atoms with Crippen LogP contribution in [0.3, 0.4) is 0 Å². The summed E-state index contributed by atoms with van der Waals surface area (Å²) < 4.78 is 6.03. The molecule has 0 radical (unpaired) electrons. The quantitative estimate of drug-likeness (QED) is 0.662. The van der Waals surface area contributed by atoms with Gasteiger partial charge in [-0.25, -0.2) is 0 Å². The van der Waals surface area contributed by atoms with Crippen LogP contribution < -0.4 is 0 Å². The van der Waals surface area contributed by atoms with Crippen LogP contribution in [0, 0.1) is 33.5 Å². The monoisotopic (exact) mass is 346 g/mol. The highest BCUT2D eigenvalue weighted by Crippen LogP contribution is 2.66. The zero-order valence-corrected chi connectivity index (χ0v) is 16.5. The summed E-state index contributed by atoms with van der Waals surface area (Å²) in [4.78, 5) is 25.2. The van der Waals surface area contributed by atoms with Gasteiger partial charge in [-0.15, -0.1) is 0 Å². The predicted octanol–water partition coefficient (Wildman–Crippen LogP) is 4.57. The summed E-state index contributed by atoms with van der Waals surface area (Å²) in [5.41, 5.74) is -0.0177. The van der Waals surface area contributed by atoms with Gasteiger partial charge < -0.3 is 4.74 Å². The van der Waals surface area contributed by atoms with E-state index in [1.807, 2.05) is 0 Å². The molecule has 0 N–H and O–H groups in total. The minimum Gasteiger partial charge on any atom is -0.381 e. The molecule has 0 aliphatic heterocycles. The zero-order chi connectivity index (χ0) is 18.1. The molecule has 4 unspecified atom stereocenters. The van der Waals surface area contributed by atoms with Gasteiger partial charge in [0.05, 0.1) is 0 Å². The van der Waals surface area contributed by atoms with Crippen LogP contribution in [-0.4, -0.2) is 24.8 Å². The number of ketones is 2. The Morgan fingerprint density at radius 3 is 1.48 bits per heavy atom. The van der Waals surface area contributed by atoms with Crippen LogP contribution in [0.25, 0.3) is 0 Å². The fourth-order valence-corrected chi connectivity index (χ4v) is 7.31. The van der Waals surface area contributed by atoms with E-state index in [0.717, 1.165) is 38.5 Å². The predicted molar refractivity (Wildman–Crippen MR) is 97.2 cm³/mol. The first-order valence-electron chi connectivity index (χ1n) is 10.3. The van der Waals surface area contributed by atoms with Crippen molar-refractivity contribution in [2.75, 3.05) is 13.2 Å². The van der Waals surface area contributed by atoms with E-state index in [1.54, 1.807) is 0 Å². The SMILES string of the molecule is CC1(C)C2CCC1(CCOCCC13CCC(CC1=O)C3(C)C)C(=O)C2. The van der Waals surface area contributed by atoms with Crippen molar-refractivity contribution in [3.8, 4) is 0 Å². The molecule has 25 heavy (non-hydrogen) atoms. The third kappa shape index (κ3) is 2.08. The van der Waals surface area contributed by atoms with Gasteiger partial charge in [-0.3, -0.25) is 9.59 Å². The number of ether oxygens (including phenoxy) is 1. The molecule has 4 aliphatic rings. The van der Waals surface area contributed by atoms with Crippen molar-refractivity contribution >= 4 is 11.6 Å². The van der Waals surface area contributed by atoms with E-state index in [4.69, 9.17) is 4.74 Å². The lowest BCUT2D eigenvalue weighted by Gasteiger charge is -2.37. The molecule has 0 amide bonds. The summed E-state index contributed by atoms with van der Waals surface area (Å²) >= 11 is 0. The summed E-state index contributed by atoms with van der Waals surface area (Å²) in [5, 5.41) is 0. The summed E-state index contributed by atoms with van der Waals surface area (Å²) in [6.07, 6.45) is 7.77. The Hall–Kier alpha value is -0.700. The highest BCUT2D eigenvalue weighted by atomic mass is 16.5. The Morgan fingerprint density at radius 1 is 0.800 bits per heavy atom. The highest BCUT2D eigenvalue weighted by molar-refractivity contribution is 5.90. The number of carbonyl (C=O) groups excluding carboxylic acids is 2. The van der Waals surface area contributed by atoms with Gasteiger partial charge in [-0.1, -0.05) is 27.7 Å². The average molecular weight is 347 g/mol. The second kappa shape index (κ2) is 5.41. The first kappa shape index (κ1) is 17.7. The molecular weight excluding hydrogens is 312 g/mol. The van der Waals surface area contributed by atoms with Crippen LogP contribution in [-0.2, 0) is 14.3 Å². The van der Waals surface area contributed by atoms with Crippen LogP contribution >= 0.6 is 0 Å². The van der Waals surface area contributed by atoms with Crippen molar-refractivity contribution in [1.82, 2.24) is 0 Å². The van der Waals surface area contributed by atoms with Crippen LogP contribution in [0.15, 0.2) is 0 Å². The molecule has 0 heterocycles. The molecule has 4 fully saturated rings. The fraction of sp³-hybridized carbons (Fsp3) is 0.909. The molecule has 4 aliphatic carbocycles. The van der Waals surface area contributed by atoms with Crippen molar-refractivity contribution in [3.63, 3.8) is 0 Å². The minimum atomic E-state index is -0.142. The van der Waals surface area contributed by atoms with Gasteiger partial charge in [0.1, 0.15) is 11.6 Å². The Morgan fingerprint density at radius 2 is 1.20 bits per heavy atom. The largest absolute Gasteiger partial charge is 0.381 e. The molecule has 4 atom stereocenters. The maximum atomic E-state index is 12.6. The number of rotatable bonds is 6. The highest BCUT2D eigenvalue weighted by Gasteiger charge is 2.64. The van der Waals surface area contributed by atoms with Gasteiger partial charge in [0.15, 0.2) is 0 Å². The summed E-state index contributed by atoms with van der Waals surface area (Å²) in [7, 11) is 0. The van der Waals surface area contributed by atoms with Gasteiger partial charge in [-0.2, -0.15) is 0 Å². The molecule has 0 spiro atoms. The lowest BCUT2D eigenvalue weighted by atomic mass is 9.67. The van der Waals surface area contributed by atoms with Gasteiger partial charge in [0, 0.05) is 36.9 Å². The second-order valence-electron chi connectivity index (χ2n) is 10.4. The van der Waals surface area contributed by atoms with Crippen molar-refractivity contribution in [2.45, 2.75) is 79.1 Å². The maximum Gasteiger partial charge on any atom is 0.139 e. The van der Waals surface area contributed by atoms with E-state index in [0.29, 0.717) is 36.6 Å². The lowest BCUT2D eigenvalue weighted by molar-refractivity contribution is -0.131. The molecule has 3 heteroatoms. The molecule has 0 aromatic heterocycles. The first-order valence-corrected chi connectivity index (χ1v) is 10.3.